The summed E-state index contributed by atoms with van der Waals surface area (Å²) in [6.45, 7) is 2.42. The van der Waals surface area contributed by atoms with Crippen LogP contribution in [-0.2, 0) is 22.7 Å². The zero-order valence-corrected chi connectivity index (χ0v) is 19.1. The van der Waals surface area contributed by atoms with Crippen molar-refractivity contribution in [1.82, 2.24) is 5.32 Å². The molecule has 0 saturated carbocycles. The summed E-state index contributed by atoms with van der Waals surface area (Å²) in [6.07, 6.45) is 0. The molecular formula is C23H20ClFN2O2S2. The monoisotopic (exact) mass is 474 g/mol. The van der Waals surface area contributed by atoms with Crippen LogP contribution in [0.4, 0.5) is 10.1 Å². The Bertz CT molecular complexity index is 1110. The summed E-state index contributed by atoms with van der Waals surface area (Å²) in [7, 11) is 0. The lowest BCUT2D eigenvalue weighted by Gasteiger charge is -2.36. The van der Waals surface area contributed by atoms with E-state index < -0.39 is 17.0 Å². The lowest BCUT2D eigenvalue weighted by molar-refractivity contribution is -0.128. The van der Waals surface area contributed by atoms with E-state index in [4.69, 9.17) is 11.6 Å². The van der Waals surface area contributed by atoms with E-state index in [-0.39, 0.29) is 23.4 Å². The van der Waals surface area contributed by atoms with Crippen LogP contribution in [0.25, 0.3) is 0 Å². The Kier molecular flexibility index (Phi) is 6.65. The minimum atomic E-state index is -0.572. The molecule has 1 aliphatic heterocycles. The van der Waals surface area contributed by atoms with Crippen molar-refractivity contribution in [3.05, 3.63) is 81.3 Å². The zero-order valence-electron chi connectivity index (χ0n) is 16.7. The van der Waals surface area contributed by atoms with Crippen LogP contribution in [0.1, 0.15) is 17.4 Å². The summed E-state index contributed by atoms with van der Waals surface area (Å²) < 4.78 is 13.5. The maximum Gasteiger partial charge on any atom is 0.241 e. The number of nitrogens with one attached hydrogen (secondary N) is 1. The number of nitrogens with zero attached hydrogens (tertiary/aromatic N) is 1. The molecule has 3 aromatic rings. The highest BCUT2D eigenvalue weighted by atomic mass is 35.5. The number of thiophene rings is 1. The van der Waals surface area contributed by atoms with Crippen molar-refractivity contribution in [3.8, 4) is 0 Å². The number of hydrogen-bond acceptors (Lipinski definition) is 4. The highest BCUT2D eigenvalue weighted by molar-refractivity contribution is 8.01. The number of hydrogen-bond donors (Lipinski definition) is 1. The molecule has 0 radical (unpaired) electrons. The predicted molar refractivity (Wildman–Crippen MR) is 124 cm³/mol. The van der Waals surface area contributed by atoms with Gasteiger partial charge in [-0.05, 0) is 41.3 Å². The second-order valence-corrected chi connectivity index (χ2v) is 9.87. The summed E-state index contributed by atoms with van der Waals surface area (Å²) >= 11 is 9.19. The van der Waals surface area contributed by atoms with Crippen molar-refractivity contribution in [2.75, 3.05) is 4.90 Å². The number of anilines is 1. The van der Waals surface area contributed by atoms with Gasteiger partial charge in [-0.1, -0.05) is 42.8 Å². The molecule has 2 atom stereocenters. The van der Waals surface area contributed by atoms with E-state index in [1.54, 1.807) is 29.2 Å². The molecular weight excluding hydrogens is 455 g/mol. The SMILES string of the molecule is C[C@H](C(=O)NCc1cccs1)[C@H]1Sc2ccccc2N(Cc2ccc(F)cc2Cl)C1=O. The molecule has 2 amide bonds. The Morgan fingerprint density at radius 2 is 2.03 bits per heavy atom. The number of fused-ring (bicyclic) bond motifs is 1. The maximum absolute atomic E-state index is 13.5. The summed E-state index contributed by atoms with van der Waals surface area (Å²) in [5.74, 6) is -1.29. The number of amides is 2. The number of carbonyl (C=O) groups is 2. The van der Waals surface area contributed by atoms with E-state index >= 15 is 0 Å². The van der Waals surface area contributed by atoms with Gasteiger partial charge in [0.05, 0.1) is 24.7 Å². The number of benzene rings is 2. The first-order valence-electron chi connectivity index (χ1n) is 9.75. The molecule has 160 valence electrons. The molecule has 2 aromatic carbocycles. The third-order valence-corrected chi connectivity index (χ3v) is 7.84. The molecule has 8 heteroatoms. The molecule has 0 spiro atoms. The van der Waals surface area contributed by atoms with Gasteiger partial charge in [0.2, 0.25) is 11.8 Å². The first kappa shape index (κ1) is 21.9. The molecule has 0 aliphatic carbocycles. The topological polar surface area (TPSA) is 49.4 Å². The standard InChI is InChI=1S/C23H20ClFN2O2S2/c1-14(22(28)26-12-17-5-4-10-30-17)21-23(29)27(19-6-2-3-7-20(19)31-21)13-15-8-9-16(25)11-18(15)24/h2-11,14,21H,12-13H2,1H3,(H,26,28)/t14-,21+/m0/s1. The third kappa shape index (κ3) is 4.79. The predicted octanol–water partition coefficient (Wildman–Crippen LogP) is 5.50. The highest BCUT2D eigenvalue weighted by Gasteiger charge is 2.39. The van der Waals surface area contributed by atoms with Crippen LogP contribution in [-0.4, -0.2) is 17.1 Å². The molecule has 0 unspecified atom stereocenters. The average Bonchev–Trinajstić information content (AvgIpc) is 3.28. The van der Waals surface area contributed by atoms with E-state index in [1.165, 1.54) is 23.9 Å². The molecule has 1 aromatic heterocycles. The van der Waals surface area contributed by atoms with Crippen LogP contribution in [0, 0.1) is 11.7 Å². The van der Waals surface area contributed by atoms with E-state index in [2.05, 4.69) is 5.32 Å². The second-order valence-electron chi connectivity index (χ2n) is 7.25. The molecule has 4 rings (SSSR count). The average molecular weight is 475 g/mol. The van der Waals surface area contributed by atoms with E-state index in [0.29, 0.717) is 12.1 Å². The van der Waals surface area contributed by atoms with Crippen LogP contribution in [0.15, 0.2) is 64.9 Å². The van der Waals surface area contributed by atoms with Gasteiger partial charge in [0, 0.05) is 14.8 Å². The number of carbonyl (C=O) groups excluding carboxylic acids is 2. The van der Waals surface area contributed by atoms with Gasteiger partial charge in [-0.15, -0.1) is 23.1 Å². The Hall–Kier alpha value is -2.35. The lowest BCUT2D eigenvalue weighted by Crippen LogP contribution is -2.47. The molecule has 4 nitrogen and oxygen atoms in total. The molecule has 0 fully saturated rings. The van der Waals surface area contributed by atoms with Crippen molar-refractivity contribution in [1.29, 1.82) is 0 Å². The van der Waals surface area contributed by atoms with Gasteiger partial charge in [-0.2, -0.15) is 0 Å². The van der Waals surface area contributed by atoms with Gasteiger partial charge in [0.1, 0.15) is 11.1 Å². The Morgan fingerprint density at radius 1 is 1.23 bits per heavy atom. The first-order valence-corrected chi connectivity index (χ1v) is 11.9. The Labute approximate surface area is 193 Å². The van der Waals surface area contributed by atoms with Crippen LogP contribution < -0.4 is 10.2 Å². The largest absolute Gasteiger partial charge is 0.351 e. The van der Waals surface area contributed by atoms with Gasteiger partial charge in [-0.25, -0.2) is 4.39 Å². The highest BCUT2D eigenvalue weighted by Crippen LogP contribution is 2.42. The van der Waals surface area contributed by atoms with E-state index in [0.717, 1.165) is 15.5 Å². The van der Waals surface area contributed by atoms with E-state index in [9.17, 15) is 14.0 Å². The number of halogens is 2. The van der Waals surface area contributed by atoms with Crippen molar-refractivity contribution >= 4 is 52.2 Å². The van der Waals surface area contributed by atoms with Gasteiger partial charge in [0.15, 0.2) is 0 Å². The van der Waals surface area contributed by atoms with Gasteiger partial charge < -0.3 is 10.2 Å². The first-order chi connectivity index (χ1) is 14.9. The number of para-hydroxylation sites is 1. The Balaban J connectivity index is 1.57. The molecule has 0 bridgehead atoms. The fraction of sp³-hybridized carbons (Fsp3) is 0.217. The van der Waals surface area contributed by atoms with Crippen LogP contribution in [0.5, 0.6) is 0 Å². The fourth-order valence-corrected chi connectivity index (χ4v) is 5.58. The molecule has 1 N–H and O–H groups in total. The summed E-state index contributed by atoms with van der Waals surface area (Å²) in [6, 6.07) is 15.6. The van der Waals surface area contributed by atoms with Crippen molar-refractivity contribution in [2.45, 2.75) is 30.2 Å². The second kappa shape index (κ2) is 9.42. The molecule has 0 saturated heterocycles. The van der Waals surface area contributed by atoms with Crippen LogP contribution >= 0.6 is 34.7 Å². The third-order valence-electron chi connectivity index (χ3n) is 5.15. The molecule has 1 aliphatic rings. The van der Waals surface area contributed by atoms with Gasteiger partial charge >= 0.3 is 0 Å². The number of thioether (sulfide) groups is 1. The van der Waals surface area contributed by atoms with Crippen molar-refractivity contribution in [3.63, 3.8) is 0 Å². The lowest BCUT2D eigenvalue weighted by atomic mass is 10.0. The minimum absolute atomic E-state index is 0.164. The van der Waals surface area contributed by atoms with Crippen molar-refractivity contribution in [2.24, 2.45) is 5.92 Å². The summed E-state index contributed by atoms with van der Waals surface area (Å²) in [4.78, 5) is 29.9. The van der Waals surface area contributed by atoms with E-state index in [1.807, 2.05) is 41.8 Å². The fourth-order valence-electron chi connectivity index (χ4n) is 3.42. The summed E-state index contributed by atoms with van der Waals surface area (Å²) in [5, 5.41) is 4.58. The minimum Gasteiger partial charge on any atom is -0.351 e. The number of rotatable bonds is 6. The smallest absolute Gasteiger partial charge is 0.241 e. The van der Waals surface area contributed by atoms with Gasteiger partial charge in [-0.3, -0.25) is 9.59 Å². The van der Waals surface area contributed by atoms with Crippen LogP contribution in [0.3, 0.4) is 0 Å². The quantitative estimate of drug-likeness (QED) is 0.513. The molecule has 31 heavy (non-hydrogen) atoms. The van der Waals surface area contributed by atoms with Gasteiger partial charge in [0.25, 0.3) is 0 Å². The normalized spacial score (nSPS) is 16.7. The summed E-state index contributed by atoms with van der Waals surface area (Å²) in [5.41, 5.74) is 1.41. The maximum atomic E-state index is 13.5. The Morgan fingerprint density at radius 3 is 2.77 bits per heavy atom. The molecule has 2 heterocycles. The van der Waals surface area contributed by atoms with Crippen LogP contribution in [0.2, 0.25) is 5.02 Å². The zero-order chi connectivity index (χ0) is 22.0. The van der Waals surface area contributed by atoms with Crippen molar-refractivity contribution < 1.29 is 14.0 Å².